The van der Waals surface area contributed by atoms with Gasteiger partial charge in [0.05, 0.1) is 17.5 Å². The van der Waals surface area contributed by atoms with Crippen LogP contribution in [-0.2, 0) is 16.6 Å². The van der Waals surface area contributed by atoms with Gasteiger partial charge in [-0.2, -0.15) is 5.10 Å². The molecule has 5 rings (SSSR count). The van der Waals surface area contributed by atoms with Crippen molar-refractivity contribution in [1.29, 1.82) is 0 Å². The van der Waals surface area contributed by atoms with Gasteiger partial charge in [-0.1, -0.05) is 37.1 Å². The molecule has 1 unspecified atom stereocenters. The molecule has 0 saturated heterocycles. The lowest BCUT2D eigenvalue weighted by Crippen LogP contribution is -2.36. The highest BCUT2D eigenvalue weighted by molar-refractivity contribution is 6.31. The molecule has 1 atom stereocenters. The second kappa shape index (κ2) is 7.23. The molecule has 2 N–H and O–H groups in total. The van der Waals surface area contributed by atoms with E-state index in [4.69, 9.17) is 11.6 Å². The van der Waals surface area contributed by atoms with Gasteiger partial charge in [0.2, 0.25) is 5.91 Å². The monoisotopic (exact) mass is 449 g/mol. The zero-order valence-electron chi connectivity index (χ0n) is 17.7. The van der Waals surface area contributed by atoms with Gasteiger partial charge in [0.1, 0.15) is 23.3 Å². The van der Waals surface area contributed by atoms with Crippen molar-refractivity contribution in [2.75, 3.05) is 5.32 Å². The summed E-state index contributed by atoms with van der Waals surface area (Å²) >= 11 is 6.16. The van der Waals surface area contributed by atoms with Crippen LogP contribution >= 0.6 is 11.6 Å². The molecule has 0 radical (unpaired) electrons. The Labute approximate surface area is 187 Å². The molecule has 0 aliphatic carbocycles. The van der Waals surface area contributed by atoms with Crippen molar-refractivity contribution < 1.29 is 4.79 Å². The number of nitrogens with zero attached hydrogens (tertiary/aromatic N) is 5. The minimum Gasteiger partial charge on any atom is -0.309 e. The molecular formula is C22H20ClN7O2. The Kier molecular flexibility index (Phi) is 4.59. The largest absolute Gasteiger partial charge is 0.309 e. The van der Waals surface area contributed by atoms with Crippen LogP contribution in [0.3, 0.4) is 0 Å². The first-order valence-electron chi connectivity index (χ1n) is 10.3. The minimum atomic E-state index is -1.19. The fourth-order valence-corrected chi connectivity index (χ4v) is 4.25. The molecule has 9 nitrogen and oxygen atoms in total. The molecule has 0 saturated carbocycles. The van der Waals surface area contributed by atoms with Gasteiger partial charge >= 0.3 is 0 Å². The second-order valence-corrected chi connectivity index (χ2v) is 8.44. The summed E-state index contributed by atoms with van der Waals surface area (Å²) < 4.78 is 1.61. The Morgan fingerprint density at radius 2 is 2.03 bits per heavy atom. The summed E-state index contributed by atoms with van der Waals surface area (Å²) in [5, 5.41) is 7.57. The van der Waals surface area contributed by atoms with E-state index in [1.165, 1.54) is 6.33 Å². The Hall–Kier alpha value is -3.59. The van der Waals surface area contributed by atoms with Gasteiger partial charge in [-0.3, -0.25) is 9.59 Å². The number of carbonyl (C=O) groups excluding carboxylic acids is 1. The number of hydrogen-bond acceptors (Lipinski definition) is 6. The molecule has 0 bridgehead atoms. The van der Waals surface area contributed by atoms with Crippen molar-refractivity contribution >= 4 is 29.0 Å². The van der Waals surface area contributed by atoms with Gasteiger partial charge in [-0.15, -0.1) is 0 Å². The number of fused-ring (bicyclic) bond motifs is 2. The van der Waals surface area contributed by atoms with Gasteiger partial charge in [0.25, 0.3) is 5.56 Å². The van der Waals surface area contributed by atoms with Gasteiger partial charge in [-0.25, -0.2) is 19.5 Å². The van der Waals surface area contributed by atoms with Crippen molar-refractivity contribution in [2.45, 2.75) is 39.0 Å². The summed E-state index contributed by atoms with van der Waals surface area (Å²) in [4.78, 5) is 42.6. The van der Waals surface area contributed by atoms with Crippen LogP contribution in [-0.4, -0.2) is 35.5 Å². The van der Waals surface area contributed by atoms with Gasteiger partial charge < -0.3 is 10.3 Å². The number of aromatic amines is 1. The maximum atomic E-state index is 13.2. The number of aromatic nitrogens is 6. The third kappa shape index (κ3) is 2.92. The molecule has 162 valence electrons. The van der Waals surface area contributed by atoms with Crippen LogP contribution < -0.4 is 10.9 Å². The molecule has 1 amide bonds. The quantitative estimate of drug-likeness (QED) is 0.494. The number of anilines is 1. The van der Waals surface area contributed by atoms with Crippen LogP contribution in [0, 0.1) is 6.92 Å². The van der Waals surface area contributed by atoms with Crippen molar-refractivity contribution in [3.05, 3.63) is 68.5 Å². The Morgan fingerprint density at radius 1 is 1.22 bits per heavy atom. The SMILES string of the molecule is CCCc1nc(-c2nc3c(c(=O)[nH]2)C(C)(c2ccc(Cl)c(C)c2)C(=O)N3)cn2ncnc12. The van der Waals surface area contributed by atoms with Crippen LogP contribution in [0.4, 0.5) is 5.82 Å². The van der Waals surface area contributed by atoms with Crippen molar-refractivity contribution in [3.63, 3.8) is 0 Å². The standard InChI is InChI=1S/C22H20ClN7O2/c1-4-5-14-19-24-10-25-30(19)9-15(26-14)17-27-18-16(20(31)28-17)22(3,21(32)29-18)12-6-7-13(23)11(2)8-12/h6-10H,4-5H2,1-3H3,(H2,27,28,29,31,32). The smallest absolute Gasteiger partial charge is 0.257 e. The summed E-state index contributed by atoms with van der Waals surface area (Å²) in [5.74, 6) is 0.150. The van der Waals surface area contributed by atoms with Crippen LogP contribution in [0.15, 0.2) is 35.5 Å². The third-order valence-corrected chi connectivity index (χ3v) is 6.33. The second-order valence-electron chi connectivity index (χ2n) is 8.03. The number of benzene rings is 1. The number of hydrogen-bond donors (Lipinski definition) is 2. The highest BCUT2D eigenvalue weighted by atomic mass is 35.5. The van der Waals surface area contributed by atoms with E-state index < -0.39 is 11.0 Å². The number of amides is 1. The van der Waals surface area contributed by atoms with Crippen molar-refractivity contribution in [3.8, 4) is 11.5 Å². The van der Waals surface area contributed by atoms with E-state index in [2.05, 4.69) is 30.4 Å². The minimum absolute atomic E-state index is 0.224. The van der Waals surface area contributed by atoms with E-state index in [1.807, 2.05) is 19.9 Å². The molecule has 1 aromatic carbocycles. The molecule has 3 aromatic heterocycles. The predicted octanol–water partition coefficient (Wildman–Crippen LogP) is 3.05. The first-order valence-corrected chi connectivity index (χ1v) is 10.6. The summed E-state index contributed by atoms with van der Waals surface area (Å²) in [7, 11) is 0. The summed E-state index contributed by atoms with van der Waals surface area (Å²) in [5.41, 5.74) is 2.02. The molecule has 32 heavy (non-hydrogen) atoms. The Morgan fingerprint density at radius 3 is 2.78 bits per heavy atom. The number of H-pyrrole nitrogens is 1. The number of rotatable bonds is 4. The van der Waals surface area contributed by atoms with E-state index in [0.717, 1.165) is 17.7 Å². The lowest BCUT2D eigenvalue weighted by atomic mass is 9.77. The maximum absolute atomic E-state index is 13.2. The van der Waals surface area contributed by atoms with E-state index in [-0.39, 0.29) is 23.1 Å². The number of nitrogens with one attached hydrogen (secondary N) is 2. The van der Waals surface area contributed by atoms with Crippen LogP contribution in [0.25, 0.3) is 17.2 Å². The zero-order valence-corrected chi connectivity index (χ0v) is 18.5. The van der Waals surface area contributed by atoms with Gasteiger partial charge in [0, 0.05) is 5.02 Å². The lowest BCUT2D eigenvalue weighted by Gasteiger charge is -2.22. The van der Waals surface area contributed by atoms with Crippen molar-refractivity contribution in [1.82, 2.24) is 29.5 Å². The molecule has 0 fully saturated rings. The highest BCUT2D eigenvalue weighted by Crippen LogP contribution is 2.40. The average Bonchev–Trinajstić information content (AvgIpc) is 3.33. The average molecular weight is 450 g/mol. The number of carbonyl (C=O) groups is 1. The summed E-state index contributed by atoms with van der Waals surface area (Å²) in [6, 6.07) is 5.31. The highest BCUT2D eigenvalue weighted by Gasteiger charge is 2.47. The third-order valence-electron chi connectivity index (χ3n) is 5.90. The van der Waals surface area contributed by atoms with Crippen molar-refractivity contribution in [2.24, 2.45) is 0 Å². The topological polar surface area (TPSA) is 118 Å². The lowest BCUT2D eigenvalue weighted by molar-refractivity contribution is -0.119. The van der Waals surface area contributed by atoms with Gasteiger partial charge in [-0.05, 0) is 37.5 Å². The van der Waals surface area contributed by atoms with E-state index in [1.54, 1.807) is 29.8 Å². The summed E-state index contributed by atoms with van der Waals surface area (Å²) in [6.07, 6.45) is 4.70. The first kappa shape index (κ1) is 20.3. The Balaban J connectivity index is 1.67. The molecule has 10 heteroatoms. The molecule has 1 aliphatic heterocycles. The van der Waals surface area contributed by atoms with Gasteiger partial charge in [0.15, 0.2) is 11.5 Å². The van der Waals surface area contributed by atoms with Crippen LogP contribution in [0.2, 0.25) is 5.02 Å². The maximum Gasteiger partial charge on any atom is 0.257 e. The number of aryl methyl sites for hydroxylation is 2. The molecule has 0 spiro atoms. The number of halogens is 1. The molecule has 4 heterocycles. The molecule has 1 aliphatic rings. The summed E-state index contributed by atoms with van der Waals surface area (Å²) in [6.45, 7) is 5.62. The fraction of sp³-hybridized carbons (Fsp3) is 0.273. The van der Waals surface area contributed by atoms with E-state index >= 15 is 0 Å². The fourth-order valence-electron chi connectivity index (χ4n) is 4.14. The van der Waals surface area contributed by atoms with E-state index in [9.17, 15) is 9.59 Å². The van der Waals surface area contributed by atoms with E-state index in [0.29, 0.717) is 28.3 Å². The molecule has 4 aromatic rings. The normalized spacial score (nSPS) is 17.6. The molecular weight excluding hydrogens is 430 g/mol. The zero-order chi connectivity index (χ0) is 22.6. The first-order chi connectivity index (χ1) is 15.3. The Bertz CT molecular complexity index is 1460. The van der Waals surface area contributed by atoms with Crippen LogP contribution in [0.5, 0.6) is 0 Å². The predicted molar refractivity (Wildman–Crippen MR) is 120 cm³/mol. The van der Waals surface area contributed by atoms with Crippen LogP contribution in [0.1, 0.15) is 42.7 Å².